The zero-order chi connectivity index (χ0) is 17.0. The smallest absolute Gasteiger partial charge is 0.283 e. The summed E-state index contributed by atoms with van der Waals surface area (Å²) >= 11 is 1.09. The molecule has 0 saturated carbocycles. The average Bonchev–Trinajstić information content (AvgIpc) is 2.87. The molecule has 0 atom stereocenters. The number of hydrogen-bond acceptors (Lipinski definition) is 8. The van der Waals surface area contributed by atoms with Crippen LogP contribution in [0.3, 0.4) is 0 Å². The molecule has 4 N–H and O–H groups in total. The van der Waals surface area contributed by atoms with E-state index in [2.05, 4.69) is 15.5 Å². The number of hydrazone groups is 1. The van der Waals surface area contributed by atoms with Gasteiger partial charge in [0.15, 0.2) is 16.6 Å². The molecule has 0 aliphatic rings. The number of nitrogens with two attached hydrogens (primary N) is 1. The molecule has 0 spiro atoms. The molecule has 23 heavy (non-hydrogen) atoms. The minimum atomic E-state index is -0.398. The number of phenolic OH excluding ortho intramolecular Hbond substituents is 1. The average molecular weight is 336 g/mol. The predicted octanol–water partition coefficient (Wildman–Crippen LogP) is 1.52. The van der Waals surface area contributed by atoms with Gasteiger partial charge in [0.1, 0.15) is 4.88 Å². The lowest BCUT2D eigenvalue weighted by Gasteiger charge is -2.09. The van der Waals surface area contributed by atoms with E-state index < -0.39 is 5.91 Å². The number of ether oxygens (including phenoxy) is 2. The van der Waals surface area contributed by atoms with E-state index >= 15 is 0 Å². The van der Waals surface area contributed by atoms with Crippen molar-refractivity contribution in [1.29, 1.82) is 0 Å². The topological polar surface area (TPSA) is 119 Å². The third-order valence-corrected chi connectivity index (χ3v) is 3.89. The molecule has 1 amide bonds. The molecule has 0 unspecified atom stereocenters. The van der Waals surface area contributed by atoms with E-state index in [1.807, 2.05) is 0 Å². The van der Waals surface area contributed by atoms with Crippen LogP contribution in [-0.4, -0.2) is 36.4 Å². The number of aromatic hydroxyl groups is 1. The number of hydrogen-bond donors (Lipinski definition) is 3. The van der Waals surface area contributed by atoms with Gasteiger partial charge in [-0.15, -0.1) is 0 Å². The molecule has 0 bridgehead atoms. The highest BCUT2D eigenvalue weighted by Gasteiger charge is 2.13. The second kappa shape index (κ2) is 6.97. The van der Waals surface area contributed by atoms with Gasteiger partial charge in [-0.25, -0.2) is 10.4 Å². The van der Waals surface area contributed by atoms with Gasteiger partial charge in [0.05, 0.1) is 26.1 Å². The molecular formula is C14H16N4O4S. The second-order valence-corrected chi connectivity index (χ2v) is 5.47. The third kappa shape index (κ3) is 3.69. The van der Waals surface area contributed by atoms with Crippen molar-refractivity contribution in [3.63, 3.8) is 0 Å². The molecule has 122 valence electrons. The molecule has 0 radical (unpaired) electrons. The molecule has 2 rings (SSSR count). The Hall–Kier alpha value is -2.81. The van der Waals surface area contributed by atoms with E-state index in [0.717, 1.165) is 11.3 Å². The van der Waals surface area contributed by atoms with Gasteiger partial charge in [-0.1, -0.05) is 11.3 Å². The summed E-state index contributed by atoms with van der Waals surface area (Å²) in [5.41, 5.74) is 9.08. The number of benzene rings is 1. The van der Waals surface area contributed by atoms with Crippen LogP contribution < -0.4 is 20.6 Å². The van der Waals surface area contributed by atoms with Gasteiger partial charge in [0.2, 0.25) is 5.75 Å². The first kappa shape index (κ1) is 16.6. The van der Waals surface area contributed by atoms with Crippen molar-refractivity contribution < 1.29 is 19.4 Å². The Kier molecular flexibility index (Phi) is 5.02. The first-order chi connectivity index (χ1) is 11.0. The van der Waals surface area contributed by atoms with Crippen LogP contribution in [0.25, 0.3) is 0 Å². The summed E-state index contributed by atoms with van der Waals surface area (Å²) in [6.45, 7) is 1.70. The fourth-order valence-corrected chi connectivity index (χ4v) is 2.56. The van der Waals surface area contributed by atoms with Crippen LogP contribution in [0.1, 0.15) is 20.9 Å². The highest BCUT2D eigenvalue weighted by molar-refractivity contribution is 7.17. The van der Waals surface area contributed by atoms with Crippen molar-refractivity contribution in [2.24, 2.45) is 5.10 Å². The van der Waals surface area contributed by atoms with Crippen molar-refractivity contribution in [2.75, 3.05) is 20.0 Å². The molecule has 2 aromatic rings. The van der Waals surface area contributed by atoms with Crippen molar-refractivity contribution in [3.05, 3.63) is 28.3 Å². The van der Waals surface area contributed by atoms with E-state index in [-0.39, 0.29) is 17.2 Å². The first-order valence-electron chi connectivity index (χ1n) is 6.47. The molecule has 1 aromatic heterocycles. The third-order valence-electron chi connectivity index (χ3n) is 2.90. The number of aromatic nitrogens is 1. The van der Waals surface area contributed by atoms with Crippen LogP contribution in [0, 0.1) is 6.92 Å². The lowest BCUT2D eigenvalue weighted by Crippen LogP contribution is -2.17. The summed E-state index contributed by atoms with van der Waals surface area (Å²) in [4.78, 5) is 16.3. The van der Waals surface area contributed by atoms with E-state index in [9.17, 15) is 9.90 Å². The van der Waals surface area contributed by atoms with E-state index in [4.69, 9.17) is 15.2 Å². The van der Waals surface area contributed by atoms with Gasteiger partial charge in [-0.05, 0) is 19.1 Å². The van der Waals surface area contributed by atoms with Gasteiger partial charge in [-0.3, -0.25) is 4.79 Å². The summed E-state index contributed by atoms with van der Waals surface area (Å²) < 4.78 is 10.1. The maximum Gasteiger partial charge on any atom is 0.283 e. The number of nitrogen functional groups attached to an aromatic ring is 1. The van der Waals surface area contributed by atoms with E-state index in [1.165, 1.54) is 20.4 Å². The summed E-state index contributed by atoms with van der Waals surface area (Å²) in [7, 11) is 2.85. The fraction of sp³-hybridized carbons (Fsp3) is 0.214. The Morgan fingerprint density at radius 2 is 2.00 bits per heavy atom. The van der Waals surface area contributed by atoms with Gasteiger partial charge >= 0.3 is 0 Å². The molecule has 1 heterocycles. The van der Waals surface area contributed by atoms with Crippen LogP contribution in [0.4, 0.5) is 5.13 Å². The van der Waals surface area contributed by atoms with Gasteiger partial charge in [0, 0.05) is 5.56 Å². The Labute approximate surface area is 136 Å². The van der Waals surface area contributed by atoms with Crippen LogP contribution in [-0.2, 0) is 0 Å². The minimum Gasteiger partial charge on any atom is -0.502 e. The Morgan fingerprint density at radius 1 is 1.39 bits per heavy atom. The Bertz CT molecular complexity index is 732. The number of anilines is 1. The van der Waals surface area contributed by atoms with Crippen LogP contribution in [0.2, 0.25) is 0 Å². The molecule has 0 saturated heterocycles. The lowest BCUT2D eigenvalue weighted by molar-refractivity contribution is 0.0958. The zero-order valence-corrected chi connectivity index (χ0v) is 13.6. The number of amides is 1. The fourth-order valence-electron chi connectivity index (χ4n) is 1.83. The summed E-state index contributed by atoms with van der Waals surface area (Å²) in [6, 6.07) is 3.12. The SMILES string of the molecule is COc1cc(C=NNC(=O)c2sc(N)nc2C)cc(OC)c1O. The number of nitrogens with one attached hydrogen (secondary N) is 1. The summed E-state index contributed by atoms with van der Waals surface area (Å²) in [5.74, 6) is -0.0241. The number of thiazole rings is 1. The summed E-state index contributed by atoms with van der Waals surface area (Å²) in [5, 5.41) is 14.0. The molecule has 0 aliphatic carbocycles. The van der Waals surface area contributed by atoms with Crippen molar-refractivity contribution in [3.8, 4) is 17.2 Å². The van der Waals surface area contributed by atoms with E-state index in [0.29, 0.717) is 21.3 Å². The molecule has 9 heteroatoms. The zero-order valence-electron chi connectivity index (χ0n) is 12.8. The highest BCUT2D eigenvalue weighted by atomic mass is 32.1. The molecule has 1 aromatic carbocycles. The maximum absolute atomic E-state index is 12.0. The van der Waals surface area contributed by atoms with Crippen LogP contribution in [0.5, 0.6) is 17.2 Å². The lowest BCUT2D eigenvalue weighted by atomic mass is 10.2. The first-order valence-corrected chi connectivity index (χ1v) is 7.29. The summed E-state index contributed by atoms with van der Waals surface area (Å²) in [6.07, 6.45) is 1.40. The highest BCUT2D eigenvalue weighted by Crippen LogP contribution is 2.36. The largest absolute Gasteiger partial charge is 0.502 e. The monoisotopic (exact) mass is 336 g/mol. The molecule has 0 aliphatic heterocycles. The predicted molar refractivity (Wildman–Crippen MR) is 87.5 cm³/mol. The number of nitrogens with zero attached hydrogens (tertiary/aromatic N) is 2. The van der Waals surface area contributed by atoms with Gasteiger partial charge < -0.3 is 20.3 Å². The number of carbonyl (C=O) groups is 1. The maximum atomic E-state index is 12.0. The number of methoxy groups -OCH3 is 2. The second-order valence-electron chi connectivity index (χ2n) is 4.44. The van der Waals surface area contributed by atoms with Gasteiger partial charge in [0.25, 0.3) is 5.91 Å². The van der Waals surface area contributed by atoms with Gasteiger partial charge in [-0.2, -0.15) is 5.10 Å². The van der Waals surface area contributed by atoms with Crippen molar-refractivity contribution in [1.82, 2.24) is 10.4 Å². The number of phenols is 1. The van der Waals surface area contributed by atoms with Crippen molar-refractivity contribution >= 4 is 28.6 Å². The van der Waals surface area contributed by atoms with Crippen LogP contribution >= 0.6 is 11.3 Å². The standard InChI is InChI=1S/C14H16N4O4S/c1-7-12(23-14(15)17-7)13(20)18-16-6-8-4-9(21-2)11(19)10(5-8)22-3/h4-6,19H,1-3H3,(H2,15,17)(H,18,20). The minimum absolute atomic E-state index is 0.105. The van der Waals surface area contributed by atoms with Crippen molar-refractivity contribution in [2.45, 2.75) is 6.92 Å². The Morgan fingerprint density at radius 3 is 2.48 bits per heavy atom. The quantitative estimate of drug-likeness (QED) is 0.562. The number of aryl methyl sites for hydroxylation is 1. The Balaban J connectivity index is 2.14. The molecular weight excluding hydrogens is 320 g/mol. The van der Waals surface area contributed by atoms with E-state index in [1.54, 1.807) is 19.1 Å². The molecule has 8 nitrogen and oxygen atoms in total. The number of carbonyl (C=O) groups excluding carboxylic acids is 1. The molecule has 0 fully saturated rings. The normalized spacial score (nSPS) is 10.7. The number of rotatable bonds is 5. The van der Waals surface area contributed by atoms with Crippen LogP contribution in [0.15, 0.2) is 17.2 Å².